The first-order valence-corrected chi connectivity index (χ1v) is 14.6. The molecule has 1 saturated carbocycles. The number of aliphatic hydroxyl groups excluding tert-OH is 1. The van der Waals surface area contributed by atoms with Crippen LogP contribution in [-0.2, 0) is 21.5 Å². The van der Waals surface area contributed by atoms with Crippen LogP contribution in [0.4, 0.5) is 5.82 Å². The van der Waals surface area contributed by atoms with Gasteiger partial charge in [0.25, 0.3) is 0 Å². The van der Waals surface area contributed by atoms with Gasteiger partial charge in [0.15, 0.2) is 0 Å². The van der Waals surface area contributed by atoms with E-state index in [0.29, 0.717) is 35.7 Å². The van der Waals surface area contributed by atoms with Crippen LogP contribution in [0.25, 0.3) is 0 Å². The minimum Gasteiger partial charge on any atom is -0.393 e. The lowest BCUT2D eigenvalue weighted by molar-refractivity contribution is 0.0711. The summed E-state index contributed by atoms with van der Waals surface area (Å²) in [6.45, 7) is 2.55. The molecule has 0 bridgehead atoms. The first-order chi connectivity index (χ1) is 17.2. The molecule has 0 saturated heterocycles. The van der Waals surface area contributed by atoms with Crippen molar-refractivity contribution < 1.29 is 27.6 Å². The van der Waals surface area contributed by atoms with Gasteiger partial charge in [-0.25, -0.2) is 9.97 Å². The Morgan fingerprint density at radius 3 is 2.94 bits per heavy atom. The molecule has 0 radical (unpaired) electrons. The van der Waals surface area contributed by atoms with Crippen LogP contribution in [0.15, 0.2) is 30.0 Å². The van der Waals surface area contributed by atoms with E-state index in [4.69, 9.17) is 9.29 Å². The van der Waals surface area contributed by atoms with Gasteiger partial charge in [-0.05, 0) is 48.4 Å². The number of nitrogens with zero attached hydrogens (tertiary/aromatic N) is 2. The molecule has 1 fully saturated rings. The Kier molecular flexibility index (Phi) is 7.23. The zero-order valence-corrected chi connectivity index (χ0v) is 21.8. The molecule has 0 spiro atoms. The molecule has 2 aliphatic rings. The molecule has 3 aromatic heterocycles. The summed E-state index contributed by atoms with van der Waals surface area (Å²) in [6, 6.07) is 3.75. The standard InChI is InChI=1S/C23H26N4O6S3/c1-12-16(22-15-3-5-34-19(15)2-4-33-22)8-20(35-12)21(29)17-10-24-11-25-23(17)27-14-6-13(18(28)7-14)9-26-36(30,31)32/h3,5,8,10-11,13-14,18,22,26,28H,2,4,6-7,9H2,1H3,(H,24,25,27)(H,30,31,32)/t13-,14-,18+,22+/m1/s1. The number of thiophene rings is 2. The van der Waals surface area contributed by atoms with Crippen molar-refractivity contribution >= 4 is 44.6 Å². The second-order valence-electron chi connectivity index (χ2n) is 9.00. The number of fused-ring (bicyclic) bond motifs is 1. The summed E-state index contributed by atoms with van der Waals surface area (Å²) >= 11 is 3.14. The monoisotopic (exact) mass is 550 g/mol. The average molecular weight is 551 g/mol. The minimum absolute atomic E-state index is 0.0833. The Balaban J connectivity index is 1.33. The van der Waals surface area contributed by atoms with Gasteiger partial charge in [0.1, 0.15) is 18.2 Å². The van der Waals surface area contributed by atoms with E-state index in [1.807, 2.05) is 17.7 Å². The molecule has 10 nitrogen and oxygen atoms in total. The molecule has 0 amide bonds. The van der Waals surface area contributed by atoms with Gasteiger partial charge in [-0.1, -0.05) is 0 Å². The number of carbonyl (C=O) groups excluding carboxylic acids is 1. The number of rotatable bonds is 8. The molecule has 0 aromatic carbocycles. The maximum atomic E-state index is 13.5. The Morgan fingerprint density at radius 2 is 2.14 bits per heavy atom. The van der Waals surface area contributed by atoms with Gasteiger partial charge in [0, 0.05) is 40.9 Å². The predicted octanol–water partition coefficient (Wildman–Crippen LogP) is 2.74. The van der Waals surface area contributed by atoms with Gasteiger partial charge < -0.3 is 15.2 Å². The quantitative estimate of drug-likeness (QED) is 0.245. The molecule has 13 heteroatoms. The molecule has 5 rings (SSSR count). The molecule has 3 aromatic rings. The van der Waals surface area contributed by atoms with E-state index in [0.717, 1.165) is 22.4 Å². The first kappa shape index (κ1) is 25.4. The lowest BCUT2D eigenvalue weighted by Gasteiger charge is -2.23. The molecule has 192 valence electrons. The van der Waals surface area contributed by atoms with Crippen LogP contribution in [0.2, 0.25) is 0 Å². The van der Waals surface area contributed by atoms with Gasteiger partial charge >= 0.3 is 10.3 Å². The number of ether oxygens (including phenoxy) is 1. The molecular formula is C23H26N4O6S3. The Bertz CT molecular complexity index is 1370. The van der Waals surface area contributed by atoms with E-state index >= 15 is 0 Å². The highest BCUT2D eigenvalue weighted by Gasteiger charge is 2.34. The fourth-order valence-electron chi connectivity index (χ4n) is 4.86. The first-order valence-electron chi connectivity index (χ1n) is 11.5. The molecule has 4 atom stereocenters. The number of carbonyl (C=O) groups is 1. The smallest absolute Gasteiger partial charge is 0.333 e. The molecule has 0 unspecified atom stereocenters. The number of aryl methyl sites for hydroxylation is 1. The van der Waals surface area contributed by atoms with Crippen molar-refractivity contribution in [3.05, 3.63) is 61.4 Å². The third kappa shape index (κ3) is 5.37. The van der Waals surface area contributed by atoms with Crippen molar-refractivity contribution in [1.82, 2.24) is 14.7 Å². The van der Waals surface area contributed by atoms with Crippen LogP contribution in [0.3, 0.4) is 0 Å². The van der Waals surface area contributed by atoms with Crippen molar-refractivity contribution in [2.45, 2.75) is 44.4 Å². The Morgan fingerprint density at radius 1 is 1.31 bits per heavy atom. The van der Waals surface area contributed by atoms with Crippen LogP contribution in [-0.4, -0.2) is 59.1 Å². The second-order valence-corrected chi connectivity index (χ2v) is 12.5. The van der Waals surface area contributed by atoms with E-state index in [9.17, 15) is 18.3 Å². The van der Waals surface area contributed by atoms with E-state index < -0.39 is 16.4 Å². The van der Waals surface area contributed by atoms with E-state index in [1.54, 1.807) is 11.3 Å². The van der Waals surface area contributed by atoms with Crippen LogP contribution < -0.4 is 10.0 Å². The zero-order chi connectivity index (χ0) is 25.4. The summed E-state index contributed by atoms with van der Waals surface area (Å²) in [4.78, 5) is 24.7. The maximum absolute atomic E-state index is 13.5. The molecule has 36 heavy (non-hydrogen) atoms. The number of anilines is 1. The third-order valence-corrected chi connectivity index (χ3v) is 9.21. The predicted molar refractivity (Wildman–Crippen MR) is 136 cm³/mol. The van der Waals surface area contributed by atoms with Gasteiger partial charge in [0.05, 0.1) is 23.2 Å². The Hall–Kier alpha value is -2.26. The lowest BCUT2D eigenvalue weighted by Crippen LogP contribution is -2.32. The van der Waals surface area contributed by atoms with E-state index in [2.05, 4.69) is 26.7 Å². The summed E-state index contributed by atoms with van der Waals surface area (Å²) in [5.74, 6) is -0.232. The molecule has 4 heterocycles. The number of aliphatic hydroxyl groups is 1. The van der Waals surface area contributed by atoms with Crippen molar-refractivity contribution in [1.29, 1.82) is 0 Å². The summed E-state index contributed by atoms with van der Waals surface area (Å²) in [5, 5.41) is 15.6. The summed E-state index contributed by atoms with van der Waals surface area (Å²) < 4.78 is 39.0. The summed E-state index contributed by atoms with van der Waals surface area (Å²) in [7, 11) is -4.34. The van der Waals surface area contributed by atoms with Gasteiger partial charge in [0.2, 0.25) is 5.78 Å². The lowest BCUT2D eigenvalue weighted by atomic mass is 9.99. The van der Waals surface area contributed by atoms with Gasteiger partial charge in [-0.15, -0.1) is 22.7 Å². The second kappa shape index (κ2) is 10.2. The van der Waals surface area contributed by atoms with E-state index in [-0.39, 0.29) is 30.4 Å². The van der Waals surface area contributed by atoms with Crippen molar-refractivity contribution in [2.75, 3.05) is 18.5 Å². The normalized spacial score (nSPS) is 24.0. The van der Waals surface area contributed by atoms with Crippen LogP contribution in [0.5, 0.6) is 0 Å². The fraction of sp³-hybridized carbons (Fsp3) is 0.435. The Labute approximate surface area is 216 Å². The van der Waals surface area contributed by atoms with Gasteiger partial charge in [-0.2, -0.15) is 13.1 Å². The average Bonchev–Trinajstić information content (AvgIpc) is 3.55. The number of nitrogens with one attached hydrogen (secondary N) is 2. The fourth-order valence-corrected chi connectivity index (χ4v) is 7.18. The van der Waals surface area contributed by atoms with E-state index in [1.165, 1.54) is 28.7 Å². The number of hydrogen-bond acceptors (Lipinski definition) is 10. The third-order valence-electron chi connectivity index (χ3n) is 6.62. The van der Waals surface area contributed by atoms with Crippen LogP contribution in [0.1, 0.15) is 55.1 Å². The number of aromatic nitrogens is 2. The molecule has 1 aliphatic heterocycles. The van der Waals surface area contributed by atoms with Crippen molar-refractivity contribution in [2.24, 2.45) is 5.92 Å². The molecular weight excluding hydrogens is 524 g/mol. The largest absolute Gasteiger partial charge is 0.393 e. The zero-order valence-electron chi connectivity index (χ0n) is 19.4. The number of hydrogen-bond donors (Lipinski definition) is 4. The van der Waals surface area contributed by atoms with Crippen LogP contribution >= 0.6 is 22.7 Å². The molecule has 4 N–H and O–H groups in total. The molecule has 1 aliphatic carbocycles. The topological polar surface area (TPSA) is 151 Å². The SMILES string of the molecule is Cc1sc(C(=O)c2cncnc2N[C@@H]2C[C@H](CNS(=O)(=O)O)[C@@H](O)C2)cc1[C@H]1OCCc2sccc21. The highest BCUT2D eigenvalue weighted by atomic mass is 32.2. The summed E-state index contributed by atoms with van der Waals surface area (Å²) in [6.07, 6.45) is 3.56. The van der Waals surface area contributed by atoms with Crippen LogP contribution in [0, 0.1) is 12.8 Å². The van der Waals surface area contributed by atoms with Crippen molar-refractivity contribution in [3.8, 4) is 0 Å². The highest BCUT2D eigenvalue weighted by molar-refractivity contribution is 7.83. The highest BCUT2D eigenvalue weighted by Crippen LogP contribution is 2.40. The minimum atomic E-state index is -4.34. The van der Waals surface area contributed by atoms with Gasteiger partial charge in [-0.3, -0.25) is 9.35 Å². The number of ketones is 1. The maximum Gasteiger partial charge on any atom is 0.333 e. The van der Waals surface area contributed by atoms with Crippen molar-refractivity contribution in [3.63, 3.8) is 0 Å². The summed E-state index contributed by atoms with van der Waals surface area (Å²) in [5.41, 5.74) is 2.47.